The van der Waals surface area contributed by atoms with E-state index < -0.39 is 5.97 Å². The lowest BCUT2D eigenvalue weighted by atomic mass is 9.92. The van der Waals surface area contributed by atoms with Crippen LogP contribution in [-0.4, -0.2) is 41.1 Å². The molecule has 0 radical (unpaired) electrons. The lowest BCUT2D eigenvalue weighted by Crippen LogP contribution is -2.50. The van der Waals surface area contributed by atoms with Gasteiger partial charge < -0.3 is 15.3 Å². The third kappa shape index (κ3) is 3.44. The predicted molar refractivity (Wildman–Crippen MR) is 76.5 cm³/mol. The first kappa shape index (κ1) is 15.1. The van der Waals surface area contributed by atoms with Crippen LogP contribution in [0.1, 0.15) is 52.4 Å². The molecule has 5 heteroatoms. The molecule has 1 unspecified atom stereocenters. The molecule has 2 rings (SSSR count). The number of carboxylic acid groups (broad SMARTS) is 1. The summed E-state index contributed by atoms with van der Waals surface area (Å²) in [5.41, 5.74) is 0.285. The molecule has 0 bridgehead atoms. The molecule has 1 saturated carbocycles. The van der Waals surface area contributed by atoms with E-state index in [-0.39, 0.29) is 23.9 Å². The van der Waals surface area contributed by atoms with E-state index in [1.54, 1.807) is 4.90 Å². The first-order valence-corrected chi connectivity index (χ1v) is 7.71. The largest absolute Gasteiger partial charge is 0.481 e. The van der Waals surface area contributed by atoms with Crippen molar-refractivity contribution in [3.8, 4) is 0 Å². The average molecular weight is 282 g/mol. The van der Waals surface area contributed by atoms with Crippen LogP contribution in [0.3, 0.4) is 0 Å². The number of carbonyl (C=O) groups is 2. The molecule has 0 aromatic carbocycles. The Morgan fingerprint density at radius 3 is 2.60 bits per heavy atom. The van der Waals surface area contributed by atoms with Gasteiger partial charge in [0.15, 0.2) is 0 Å². The maximum atomic E-state index is 12.3. The first-order valence-electron chi connectivity index (χ1n) is 7.71. The van der Waals surface area contributed by atoms with Crippen molar-refractivity contribution in [2.24, 2.45) is 11.3 Å². The molecule has 0 spiro atoms. The second-order valence-corrected chi connectivity index (χ2v) is 6.62. The molecule has 2 fully saturated rings. The molecular weight excluding hydrogens is 256 g/mol. The number of likely N-dealkylation sites (tertiary alicyclic amines) is 1. The Kier molecular flexibility index (Phi) is 4.55. The maximum absolute atomic E-state index is 12.3. The Bertz CT molecular complexity index is 377. The number of hydrogen-bond acceptors (Lipinski definition) is 2. The number of carbonyl (C=O) groups excluding carboxylic acids is 1. The van der Waals surface area contributed by atoms with E-state index in [1.807, 2.05) is 0 Å². The summed E-state index contributed by atoms with van der Waals surface area (Å²) in [6, 6.07) is -0.224. The molecule has 114 valence electrons. The van der Waals surface area contributed by atoms with Gasteiger partial charge in [0.1, 0.15) is 0 Å². The van der Waals surface area contributed by atoms with Crippen LogP contribution in [0.15, 0.2) is 0 Å². The average Bonchev–Trinajstić information content (AvgIpc) is 3.17. The quantitative estimate of drug-likeness (QED) is 0.813. The van der Waals surface area contributed by atoms with Crippen molar-refractivity contribution in [3.63, 3.8) is 0 Å². The van der Waals surface area contributed by atoms with Crippen molar-refractivity contribution in [3.05, 3.63) is 0 Å². The summed E-state index contributed by atoms with van der Waals surface area (Å²) in [6.45, 7) is 5.80. The number of aliphatic carboxylic acids is 1. The summed E-state index contributed by atoms with van der Waals surface area (Å²) >= 11 is 0. The van der Waals surface area contributed by atoms with Crippen molar-refractivity contribution in [1.82, 2.24) is 10.2 Å². The first-order chi connectivity index (χ1) is 9.44. The third-order valence-corrected chi connectivity index (χ3v) is 5.01. The third-order valence-electron chi connectivity index (χ3n) is 5.01. The summed E-state index contributed by atoms with van der Waals surface area (Å²) in [5.74, 6) is -0.241. The molecule has 1 heterocycles. The van der Waals surface area contributed by atoms with Gasteiger partial charge in [0, 0.05) is 19.1 Å². The van der Waals surface area contributed by atoms with Crippen LogP contribution in [0.4, 0.5) is 4.79 Å². The lowest BCUT2D eigenvalue weighted by molar-refractivity contribution is -0.138. The van der Waals surface area contributed by atoms with Crippen molar-refractivity contribution in [1.29, 1.82) is 0 Å². The minimum Gasteiger partial charge on any atom is -0.481 e. The van der Waals surface area contributed by atoms with Gasteiger partial charge in [0.25, 0.3) is 0 Å². The van der Waals surface area contributed by atoms with Crippen molar-refractivity contribution >= 4 is 12.0 Å². The monoisotopic (exact) mass is 282 g/mol. The zero-order valence-corrected chi connectivity index (χ0v) is 12.5. The molecule has 5 nitrogen and oxygen atoms in total. The minimum atomic E-state index is -0.824. The number of hydrogen-bond donors (Lipinski definition) is 2. The molecule has 20 heavy (non-hydrogen) atoms. The Balaban J connectivity index is 1.88. The van der Waals surface area contributed by atoms with Crippen LogP contribution in [0.2, 0.25) is 0 Å². The van der Waals surface area contributed by atoms with Crippen LogP contribution >= 0.6 is 0 Å². The SMILES string of the molecule is CC(C)C1(CNC(=O)N2CCCCC2CC(=O)O)CC1. The molecule has 1 saturated heterocycles. The van der Waals surface area contributed by atoms with E-state index in [4.69, 9.17) is 5.11 Å². The molecule has 1 atom stereocenters. The van der Waals surface area contributed by atoms with Gasteiger partial charge in [-0.2, -0.15) is 0 Å². The van der Waals surface area contributed by atoms with E-state index >= 15 is 0 Å². The fraction of sp³-hybridized carbons (Fsp3) is 0.867. The van der Waals surface area contributed by atoms with Gasteiger partial charge in [-0.25, -0.2) is 4.79 Å². The van der Waals surface area contributed by atoms with E-state index in [0.29, 0.717) is 12.5 Å². The van der Waals surface area contributed by atoms with Gasteiger partial charge >= 0.3 is 12.0 Å². The molecule has 1 aliphatic heterocycles. The van der Waals surface area contributed by atoms with E-state index in [0.717, 1.165) is 25.8 Å². The van der Waals surface area contributed by atoms with Gasteiger partial charge in [-0.3, -0.25) is 4.79 Å². The summed E-state index contributed by atoms with van der Waals surface area (Å²) in [5, 5.41) is 12.0. The number of nitrogens with one attached hydrogen (secondary N) is 1. The van der Waals surface area contributed by atoms with Crippen LogP contribution in [0.25, 0.3) is 0 Å². The van der Waals surface area contributed by atoms with Gasteiger partial charge in [-0.1, -0.05) is 13.8 Å². The molecule has 2 aliphatic rings. The molecule has 0 aromatic heterocycles. The Labute approximate surface area is 120 Å². The summed E-state index contributed by atoms with van der Waals surface area (Å²) in [7, 11) is 0. The van der Waals surface area contributed by atoms with Gasteiger partial charge in [0.05, 0.1) is 6.42 Å². The Morgan fingerprint density at radius 1 is 1.35 bits per heavy atom. The number of rotatable bonds is 5. The number of nitrogens with zero attached hydrogens (tertiary/aromatic N) is 1. The van der Waals surface area contributed by atoms with Gasteiger partial charge in [0.2, 0.25) is 0 Å². The van der Waals surface area contributed by atoms with Crippen molar-refractivity contribution < 1.29 is 14.7 Å². The maximum Gasteiger partial charge on any atom is 0.317 e. The normalized spacial score (nSPS) is 24.6. The summed E-state index contributed by atoms with van der Waals surface area (Å²) in [6.07, 6.45) is 5.21. The molecular formula is C15H26N2O3. The standard InChI is InChI=1S/C15H26N2O3/c1-11(2)15(6-7-15)10-16-14(20)17-8-4-3-5-12(17)9-13(18)19/h11-12H,3-10H2,1-2H3,(H,16,20)(H,18,19). The number of piperidine rings is 1. The van der Waals surface area contributed by atoms with Crippen LogP contribution < -0.4 is 5.32 Å². The molecule has 2 amide bonds. The lowest BCUT2D eigenvalue weighted by Gasteiger charge is -2.35. The Morgan fingerprint density at radius 2 is 2.05 bits per heavy atom. The second kappa shape index (κ2) is 6.02. The summed E-state index contributed by atoms with van der Waals surface area (Å²) < 4.78 is 0. The highest BCUT2D eigenvalue weighted by molar-refractivity contribution is 5.76. The fourth-order valence-corrected chi connectivity index (χ4v) is 3.15. The van der Waals surface area contributed by atoms with Crippen LogP contribution in [0.5, 0.6) is 0 Å². The smallest absolute Gasteiger partial charge is 0.317 e. The van der Waals surface area contributed by atoms with Crippen LogP contribution in [0, 0.1) is 11.3 Å². The molecule has 1 aliphatic carbocycles. The van der Waals surface area contributed by atoms with Gasteiger partial charge in [-0.15, -0.1) is 0 Å². The number of amides is 2. The topological polar surface area (TPSA) is 69.6 Å². The molecule has 0 aromatic rings. The van der Waals surface area contributed by atoms with E-state index in [9.17, 15) is 9.59 Å². The van der Waals surface area contributed by atoms with Crippen molar-refractivity contribution in [2.45, 2.75) is 58.4 Å². The van der Waals surface area contributed by atoms with Gasteiger partial charge in [-0.05, 0) is 43.4 Å². The summed E-state index contributed by atoms with van der Waals surface area (Å²) in [4.78, 5) is 24.9. The highest BCUT2D eigenvalue weighted by Crippen LogP contribution is 2.51. The highest BCUT2D eigenvalue weighted by atomic mass is 16.4. The second-order valence-electron chi connectivity index (χ2n) is 6.62. The van der Waals surface area contributed by atoms with E-state index in [1.165, 1.54) is 12.8 Å². The highest BCUT2D eigenvalue weighted by Gasteiger charge is 2.45. The zero-order chi connectivity index (χ0) is 14.8. The number of urea groups is 1. The zero-order valence-electron chi connectivity index (χ0n) is 12.5. The molecule has 2 N–H and O–H groups in total. The Hall–Kier alpha value is -1.26. The minimum absolute atomic E-state index is 0.0583. The van der Waals surface area contributed by atoms with Crippen molar-refractivity contribution in [2.75, 3.05) is 13.1 Å². The van der Waals surface area contributed by atoms with Crippen LogP contribution in [-0.2, 0) is 4.79 Å². The van der Waals surface area contributed by atoms with E-state index in [2.05, 4.69) is 19.2 Å². The fourth-order valence-electron chi connectivity index (χ4n) is 3.15. The predicted octanol–water partition coefficient (Wildman–Crippen LogP) is 2.46. The number of carboxylic acids is 1.